The van der Waals surface area contributed by atoms with Crippen LogP contribution in [-0.4, -0.2) is 60.2 Å². The van der Waals surface area contributed by atoms with E-state index >= 15 is 0 Å². The lowest BCUT2D eigenvalue weighted by molar-refractivity contribution is -0.129. The number of aromatic nitrogens is 1. The van der Waals surface area contributed by atoms with Gasteiger partial charge in [-0.15, -0.1) is 0 Å². The number of halogens is 1. The molecule has 13 heteroatoms. The number of piperidine rings is 1. The third-order valence-electron chi connectivity index (χ3n) is 6.15. The first kappa shape index (κ1) is 29.1. The number of alkyl carbamates (subject to hydrolysis) is 1. The van der Waals surface area contributed by atoms with Gasteiger partial charge >= 0.3 is 6.09 Å². The molecular weight excluding hydrogens is 511 g/mol. The van der Waals surface area contributed by atoms with Gasteiger partial charge in [0, 0.05) is 31.5 Å². The van der Waals surface area contributed by atoms with Gasteiger partial charge in [-0.1, -0.05) is 17.3 Å². The second kappa shape index (κ2) is 13.9. The van der Waals surface area contributed by atoms with E-state index in [0.717, 1.165) is 0 Å². The summed E-state index contributed by atoms with van der Waals surface area (Å²) in [7, 11) is 0. The van der Waals surface area contributed by atoms with E-state index in [2.05, 4.69) is 26.4 Å². The van der Waals surface area contributed by atoms with E-state index < -0.39 is 47.8 Å². The highest BCUT2D eigenvalue weighted by Gasteiger charge is 2.35. The Morgan fingerprint density at radius 1 is 1.28 bits per heavy atom. The van der Waals surface area contributed by atoms with E-state index in [1.165, 1.54) is 30.3 Å². The van der Waals surface area contributed by atoms with E-state index in [-0.39, 0.29) is 31.0 Å². The second-order valence-corrected chi connectivity index (χ2v) is 9.15. The molecule has 2 heterocycles. The largest absolute Gasteiger partial charge is 0.429 e. The van der Waals surface area contributed by atoms with Gasteiger partial charge in [0.05, 0.1) is 6.04 Å². The molecule has 1 saturated heterocycles. The van der Waals surface area contributed by atoms with Crippen LogP contribution < -0.4 is 21.3 Å². The Kier molecular flexibility index (Phi) is 10.4. The normalized spacial score (nSPS) is 17.1. The molecule has 0 bridgehead atoms. The number of carbonyl (C=O) groups is 4. The number of amides is 4. The van der Waals surface area contributed by atoms with Gasteiger partial charge in [-0.05, 0) is 50.8 Å². The number of aryl methyl sites for hydroxylation is 1. The number of carbonyl (C=O) groups excluding carboxylic acids is 4. The minimum atomic E-state index is -1.42. The average Bonchev–Trinajstić information content (AvgIpc) is 3.35. The van der Waals surface area contributed by atoms with Crippen LogP contribution in [0.5, 0.6) is 0 Å². The molecule has 1 fully saturated rings. The Balaban J connectivity index is 1.85. The Hall–Kier alpha value is -4.47. The molecule has 4 amide bonds. The van der Waals surface area contributed by atoms with Crippen molar-refractivity contribution in [3.8, 4) is 6.07 Å². The number of nitrogens with zero attached hydrogens (tertiary/aromatic N) is 2. The monoisotopic (exact) mass is 542 g/mol. The standard InChI is InChI=1S/C26H31FN6O6/c1-3-29-26(37)38-22(14-28)19(13-17-5-4-10-30-23(17)34)31-24(35)20(12-16-6-8-18(27)9-7-16)32-25(36)21-11-15(2)39-33-21/h6-9,11,17,19-20,22H,3-5,10,12-13H2,1-2H3,(H,29,37)(H,30,34)(H,31,35)(H,32,36)/t17-,19-,20-,22-/m0/s1. The van der Waals surface area contributed by atoms with Crippen LogP contribution in [0.25, 0.3) is 0 Å². The molecule has 4 atom stereocenters. The molecule has 0 saturated carbocycles. The summed E-state index contributed by atoms with van der Waals surface area (Å²) in [6.07, 6.45) is -1.04. The predicted octanol–water partition coefficient (Wildman–Crippen LogP) is 1.50. The van der Waals surface area contributed by atoms with Crippen molar-refractivity contribution in [1.82, 2.24) is 26.4 Å². The minimum absolute atomic E-state index is 0.0227. The summed E-state index contributed by atoms with van der Waals surface area (Å²) in [6, 6.07) is 6.43. The van der Waals surface area contributed by atoms with Crippen molar-refractivity contribution < 1.29 is 32.8 Å². The summed E-state index contributed by atoms with van der Waals surface area (Å²) in [4.78, 5) is 50.9. The predicted molar refractivity (Wildman–Crippen MR) is 134 cm³/mol. The van der Waals surface area contributed by atoms with Crippen molar-refractivity contribution in [2.45, 2.75) is 57.7 Å². The summed E-state index contributed by atoms with van der Waals surface area (Å²) in [5.74, 6) is -2.22. The highest BCUT2D eigenvalue weighted by molar-refractivity contribution is 5.96. The van der Waals surface area contributed by atoms with Gasteiger partial charge in [0.1, 0.15) is 23.7 Å². The zero-order chi connectivity index (χ0) is 28.4. The van der Waals surface area contributed by atoms with E-state index in [0.29, 0.717) is 30.7 Å². The first-order valence-electron chi connectivity index (χ1n) is 12.6. The second-order valence-electron chi connectivity index (χ2n) is 9.15. The van der Waals surface area contributed by atoms with Gasteiger partial charge in [0.15, 0.2) is 5.69 Å². The molecule has 3 rings (SSSR count). The van der Waals surface area contributed by atoms with Crippen molar-refractivity contribution in [2.75, 3.05) is 13.1 Å². The number of hydrogen-bond donors (Lipinski definition) is 4. The van der Waals surface area contributed by atoms with E-state index in [4.69, 9.17) is 9.26 Å². The van der Waals surface area contributed by atoms with Crippen molar-refractivity contribution >= 4 is 23.8 Å². The van der Waals surface area contributed by atoms with Crippen LogP contribution in [-0.2, 0) is 20.7 Å². The Morgan fingerprint density at radius 3 is 2.64 bits per heavy atom. The van der Waals surface area contributed by atoms with Gasteiger partial charge in [-0.3, -0.25) is 14.4 Å². The van der Waals surface area contributed by atoms with Crippen LogP contribution in [0.2, 0.25) is 0 Å². The van der Waals surface area contributed by atoms with Crippen molar-refractivity contribution in [3.63, 3.8) is 0 Å². The fourth-order valence-corrected chi connectivity index (χ4v) is 4.18. The highest BCUT2D eigenvalue weighted by Crippen LogP contribution is 2.20. The number of rotatable bonds is 11. The Morgan fingerprint density at radius 2 is 2.03 bits per heavy atom. The first-order valence-corrected chi connectivity index (χ1v) is 12.6. The molecule has 0 aliphatic carbocycles. The maximum Gasteiger partial charge on any atom is 0.408 e. The minimum Gasteiger partial charge on any atom is -0.429 e. The van der Waals surface area contributed by atoms with Crippen molar-refractivity contribution in [2.24, 2.45) is 5.92 Å². The van der Waals surface area contributed by atoms with Crippen LogP contribution >= 0.6 is 0 Å². The van der Waals surface area contributed by atoms with Crippen LogP contribution in [0.4, 0.5) is 9.18 Å². The molecule has 0 spiro atoms. The zero-order valence-corrected chi connectivity index (χ0v) is 21.7. The molecule has 0 unspecified atom stereocenters. The number of hydrogen-bond acceptors (Lipinski definition) is 8. The molecule has 208 valence electrons. The van der Waals surface area contributed by atoms with Crippen LogP contribution in [0.3, 0.4) is 0 Å². The molecular formula is C26H31FN6O6. The van der Waals surface area contributed by atoms with Gasteiger partial charge < -0.3 is 30.5 Å². The quantitative estimate of drug-likeness (QED) is 0.330. The van der Waals surface area contributed by atoms with E-state index in [9.17, 15) is 28.8 Å². The third-order valence-corrected chi connectivity index (χ3v) is 6.15. The van der Waals surface area contributed by atoms with Crippen molar-refractivity contribution in [1.29, 1.82) is 5.26 Å². The molecule has 1 aromatic carbocycles. The fourth-order valence-electron chi connectivity index (χ4n) is 4.18. The maximum absolute atomic E-state index is 13.5. The van der Waals surface area contributed by atoms with Crippen LogP contribution in [0.1, 0.15) is 48.0 Å². The summed E-state index contributed by atoms with van der Waals surface area (Å²) in [5.41, 5.74) is 0.501. The molecule has 2 aromatic rings. The molecule has 1 aliphatic heterocycles. The third kappa shape index (κ3) is 8.53. The molecule has 4 N–H and O–H groups in total. The lowest BCUT2D eigenvalue weighted by atomic mass is 9.89. The molecule has 1 aliphatic rings. The van der Waals surface area contributed by atoms with Gasteiger partial charge in [0.2, 0.25) is 17.9 Å². The Labute approximate surface area is 224 Å². The van der Waals surface area contributed by atoms with Gasteiger partial charge in [-0.2, -0.15) is 5.26 Å². The van der Waals surface area contributed by atoms with Gasteiger partial charge in [0.25, 0.3) is 5.91 Å². The molecule has 0 radical (unpaired) electrons. The lowest BCUT2D eigenvalue weighted by Crippen LogP contribution is -2.55. The molecule has 1 aromatic heterocycles. The maximum atomic E-state index is 13.5. The number of ether oxygens (including phenoxy) is 1. The number of benzene rings is 1. The summed E-state index contributed by atoms with van der Waals surface area (Å²) >= 11 is 0. The summed E-state index contributed by atoms with van der Waals surface area (Å²) in [5, 5.41) is 23.9. The van der Waals surface area contributed by atoms with Gasteiger partial charge in [-0.25, -0.2) is 9.18 Å². The van der Waals surface area contributed by atoms with Crippen molar-refractivity contribution in [3.05, 3.63) is 53.2 Å². The van der Waals surface area contributed by atoms with E-state index in [1.807, 2.05) is 6.07 Å². The topological polar surface area (TPSA) is 175 Å². The smallest absolute Gasteiger partial charge is 0.408 e. The van der Waals surface area contributed by atoms with Crippen LogP contribution in [0, 0.1) is 30.0 Å². The average molecular weight is 543 g/mol. The Bertz CT molecular complexity index is 1210. The fraction of sp³-hybridized carbons (Fsp3) is 0.462. The lowest BCUT2D eigenvalue weighted by Gasteiger charge is -2.30. The first-order chi connectivity index (χ1) is 18.7. The molecule has 39 heavy (non-hydrogen) atoms. The SMILES string of the molecule is CCNC(=O)O[C@@H](C#N)[C@H](C[C@@H]1CCCNC1=O)NC(=O)[C@H](Cc1ccc(F)cc1)NC(=O)c1cc(C)on1. The van der Waals surface area contributed by atoms with Crippen LogP contribution in [0.15, 0.2) is 34.9 Å². The van der Waals surface area contributed by atoms with E-state index in [1.54, 1.807) is 13.8 Å². The number of nitrogens with one attached hydrogen (secondary N) is 4. The summed E-state index contributed by atoms with van der Waals surface area (Å²) in [6.45, 7) is 4.06. The highest BCUT2D eigenvalue weighted by atomic mass is 19.1. The molecule has 12 nitrogen and oxygen atoms in total. The summed E-state index contributed by atoms with van der Waals surface area (Å²) < 4.78 is 23.6. The zero-order valence-electron chi connectivity index (χ0n) is 21.7. The number of nitriles is 1.